The molecular weight excluding hydrogens is 296 g/mol. The van der Waals surface area contributed by atoms with Crippen molar-refractivity contribution < 1.29 is 8.42 Å². The third-order valence-corrected chi connectivity index (χ3v) is 6.51. The number of rotatable bonds is 3. The molecule has 2 atom stereocenters. The van der Waals surface area contributed by atoms with E-state index >= 15 is 0 Å². The van der Waals surface area contributed by atoms with Gasteiger partial charge in [-0.1, -0.05) is 31.4 Å². The van der Waals surface area contributed by atoms with Crippen molar-refractivity contribution in [1.82, 2.24) is 4.31 Å². The van der Waals surface area contributed by atoms with Crippen molar-refractivity contribution in [2.45, 2.75) is 43.5 Å². The van der Waals surface area contributed by atoms with Crippen LogP contribution in [0.15, 0.2) is 23.1 Å². The minimum Gasteiger partial charge on any atom is -0.399 e. The van der Waals surface area contributed by atoms with Crippen molar-refractivity contribution in [2.75, 3.05) is 12.8 Å². The lowest BCUT2D eigenvalue weighted by Gasteiger charge is -2.35. The fraction of sp³-hybridized carbons (Fsp3) is 0.571. The Labute approximate surface area is 126 Å². The van der Waals surface area contributed by atoms with Crippen molar-refractivity contribution >= 4 is 27.3 Å². The maximum Gasteiger partial charge on any atom is 0.244 e. The van der Waals surface area contributed by atoms with Gasteiger partial charge < -0.3 is 5.73 Å². The van der Waals surface area contributed by atoms with Gasteiger partial charge in [-0.25, -0.2) is 8.42 Å². The van der Waals surface area contributed by atoms with E-state index in [1.807, 2.05) is 0 Å². The molecule has 1 aromatic rings. The third-order valence-electron chi connectivity index (χ3n) is 4.15. The fourth-order valence-electron chi connectivity index (χ4n) is 2.89. The Morgan fingerprint density at radius 1 is 1.30 bits per heavy atom. The average Bonchev–Trinajstić information content (AvgIpc) is 2.41. The maximum atomic E-state index is 12.7. The van der Waals surface area contributed by atoms with Crippen molar-refractivity contribution in [3.05, 3.63) is 23.2 Å². The van der Waals surface area contributed by atoms with Gasteiger partial charge in [-0.3, -0.25) is 0 Å². The molecule has 0 aromatic heterocycles. The van der Waals surface area contributed by atoms with Crippen LogP contribution in [0.3, 0.4) is 0 Å². The molecule has 6 heteroatoms. The van der Waals surface area contributed by atoms with E-state index in [4.69, 9.17) is 17.3 Å². The highest BCUT2D eigenvalue weighted by molar-refractivity contribution is 7.89. The van der Waals surface area contributed by atoms with Gasteiger partial charge in [0.05, 0.1) is 5.02 Å². The first-order valence-corrected chi connectivity index (χ1v) is 8.69. The molecular formula is C14H21ClN2O2S. The predicted octanol–water partition coefficient (Wildman–Crippen LogP) is 3.12. The summed E-state index contributed by atoms with van der Waals surface area (Å²) in [5, 5.41) is 0.217. The lowest BCUT2D eigenvalue weighted by atomic mass is 9.86. The van der Waals surface area contributed by atoms with E-state index in [0.717, 1.165) is 19.3 Å². The molecule has 1 saturated carbocycles. The zero-order valence-corrected chi connectivity index (χ0v) is 13.4. The summed E-state index contributed by atoms with van der Waals surface area (Å²) < 4.78 is 26.9. The summed E-state index contributed by atoms with van der Waals surface area (Å²) in [7, 11) is -1.96. The van der Waals surface area contributed by atoms with E-state index in [9.17, 15) is 8.42 Å². The lowest BCUT2D eigenvalue weighted by Crippen LogP contribution is -2.42. The first kappa shape index (κ1) is 15.6. The Balaban J connectivity index is 2.36. The van der Waals surface area contributed by atoms with Gasteiger partial charge in [0, 0.05) is 18.8 Å². The fourth-order valence-corrected chi connectivity index (χ4v) is 4.88. The van der Waals surface area contributed by atoms with Crippen LogP contribution in [0.25, 0.3) is 0 Å². The van der Waals surface area contributed by atoms with Gasteiger partial charge in [-0.2, -0.15) is 4.31 Å². The Hall–Kier alpha value is -0.780. The summed E-state index contributed by atoms with van der Waals surface area (Å²) >= 11 is 6.04. The number of hydrogen-bond acceptors (Lipinski definition) is 3. The quantitative estimate of drug-likeness (QED) is 0.871. The molecule has 2 unspecified atom stereocenters. The molecule has 112 valence electrons. The standard InChI is InChI=1S/C14H21ClN2O2S/c1-10-5-3-4-6-13(10)17(2)20(18,19)14-9-11(16)7-8-12(14)15/h7-10,13H,3-6,16H2,1-2H3. The molecule has 0 radical (unpaired) electrons. The summed E-state index contributed by atoms with van der Waals surface area (Å²) in [5.74, 6) is 0.364. The van der Waals surface area contributed by atoms with E-state index < -0.39 is 10.0 Å². The van der Waals surface area contributed by atoms with Crippen molar-refractivity contribution in [2.24, 2.45) is 5.92 Å². The minimum absolute atomic E-state index is 0.0336. The van der Waals surface area contributed by atoms with Crippen LogP contribution in [0.5, 0.6) is 0 Å². The summed E-state index contributed by atoms with van der Waals surface area (Å²) in [6, 6.07) is 4.60. The number of nitrogen functional groups attached to an aromatic ring is 1. The normalized spacial score (nSPS) is 24.0. The van der Waals surface area contributed by atoms with Crippen molar-refractivity contribution in [1.29, 1.82) is 0 Å². The SMILES string of the molecule is CC1CCCCC1N(C)S(=O)(=O)c1cc(N)ccc1Cl. The molecule has 4 nitrogen and oxygen atoms in total. The van der Waals surface area contributed by atoms with E-state index in [-0.39, 0.29) is 16.0 Å². The molecule has 1 aromatic carbocycles. The molecule has 0 heterocycles. The molecule has 20 heavy (non-hydrogen) atoms. The average molecular weight is 317 g/mol. The molecule has 0 amide bonds. The zero-order chi connectivity index (χ0) is 14.9. The first-order valence-electron chi connectivity index (χ1n) is 6.87. The largest absolute Gasteiger partial charge is 0.399 e. The van der Waals surface area contributed by atoms with Crippen LogP contribution in [-0.2, 0) is 10.0 Å². The van der Waals surface area contributed by atoms with E-state index in [1.165, 1.54) is 22.9 Å². The number of anilines is 1. The number of nitrogens with two attached hydrogens (primary N) is 1. The highest BCUT2D eigenvalue weighted by atomic mass is 35.5. The molecule has 1 fully saturated rings. The smallest absolute Gasteiger partial charge is 0.244 e. The molecule has 2 rings (SSSR count). The number of hydrogen-bond donors (Lipinski definition) is 1. The second-order valence-electron chi connectivity index (χ2n) is 5.54. The third kappa shape index (κ3) is 2.95. The Morgan fingerprint density at radius 2 is 1.95 bits per heavy atom. The molecule has 1 aliphatic carbocycles. The van der Waals surface area contributed by atoms with Crippen LogP contribution in [0.4, 0.5) is 5.69 Å². The van der Waals surface area contributed by atoms with Gasteiger partial charge in [-0.15, -0.1) is 0 Å². The predicted molar refractivity (Wildman–Crippen MR) is 82.2 cm³/mol. The highest BCUT2D eigenvalue weighted by Gasteiger charge is 2.34. The molecule has 0 saturated heterocycles. The second kappa shape index (κ2) is 5.92. The maximum absolute atomic E-state index is 12.7. The lowest BCUT2D eigenvalue weighted by molar-refractivity contribution is 0.213. The number of benzene rings is 1. The first-order chi connectivity index (χ1) is 9.34. The Morgan fingerprint density at radius 3 is 2.60 bits per heavy atom. The highest BCUT2D eigenvalue weighted by Crippen LogP contribution is 2.33. The molecule has 1 aliphatic rings. The monoisotopic (exact) mass is 316 g/mol. The van der Waals surface area contributed by atoms with Gasteiger partial charge in [-0.05, 0) is 37.0 Å². The molecule has 0 spiro atoms. The van der Waals surface area contributed by atoms with E-state index in [0.29, 0.717) is 11.6 Å². The minimum atomic E-state index is -3.60. The summed E-state index contributed by atoms with van der Waals surface area (Å²) in [6.07, 6.45) is 4.20. The van der Waals surface area contributed by atoms with Crippen molar-refractivity contribution in [3.63, 3.8) is 0 Å². The van der Waals surface area contributed by atoms with Crippen LogP contribution in [-0.4, -0.2) is 25.8 Å². The van der Waals surface area contributed by atoms with E-state index in [2.05, 4.69) is 6.92 Å². The summed E-state index contributed by atoms with van der Waals surface area (Å²) in [6.45, 7) is 2.11. The van der Waals surface area contributed by atoms with E-state index in [1.54, 1.807) is 13.1 Å². The van der Waals surface area contributed by atoms with Crippen LogP contribution >= 0.6 is 11.6 Å². The Bertz CT molecular complexity index is 589. The van der Waals surface area contributed by atoms with Crippen LogP contribution < -0.4 is 5.73 Å². The Kier molecular flexibility index (Phi) is 4.62. The zero-order valence-electron chi connectivity index (χ0n) is 11.8. The van der Waals surface area contributed by atoms with Gasteiger partial charge in [0.15, 0.2) is 0 Å². The van der Waals surface area contributed by atoms with Gasteiger partial charge >= 0.3 is 0 Å². The van der Waals surface area contributed by atoms with Crippen LogP contribution in [0.1, 0.15) is 32.6 Å². The van der Waals surface area contributed by atoms with Crippen LogP contribution in [0, 0.1) is 5.92 Å². The molecule has 0 bridgehead atoms. The number of nitrogens with zero attached hydrogens (tertiary/aromatic N) is 1. The van der Waals surface area contributed by atoms with Gasteiger partial charge in [0.1, 0.15) is 4.90 Å². The van der Waals surface area contributed by atoms with Crippen molar-refractivity contribution in [3.8, 4) is 0 Å². The molecule has 0 aliphatic heterocycles. The number of halogens is 1. The number of sulfonamides is 1. The summed E-state index contributed by atoms with van der Waals surface area (Å²) in [4.78, 5) is 0.0967. The molecule has 2 N–H and O–H groups in total. The van der Waals surface area contributed by atoms with Gasteiger partial charge in [0.2, 0.25) is 10.0 Å². The summed E-state index contributed by atoms with van der Waals surface area (Å²) in [5.41, 5.74) is 6.09. The second-order valence-corrected chi connectivity index (χ2v) is 7.91. The van der Waals surface area contributed by atoms with Crippen LogP contribution in [0.2, 0.25) is 5.02 Å². The van der Waals surface area contributed by atoms with Gasteiger partial charge in [0.25, 0.3) is 0 Å². The topological polar surface area (TPSA) is 63.4 Å².